The lowest BCUT2D eigenvalue weighted by Gasteiger charge is -2.54. The fourth-order valence-electron chi connectivity index (χ4n) is 6.70. The lowest BCUT2D eigenvalue weighted by Crippen LogP contribution is -2.54. The van der Waals surface area contributed by atoms with Gasteiger partial charge >= 0.3 is 0 Å². The van der Waals surface area contributed by atoms with Crippen molar-refractivity contribution in [2.24, 2.45) is 11.8 Å². The Bertz CT molecular complexity index is 1290. The minimum atomic E-state index is -0.995. The fourth-order valence-corrected chi connectivity index (χ4v) is 6.70. The number of methoxy groups -OCH3 is 2. The smallest absolute Gasteiger partial charge is 0.238 e. The van der Waals surface area contributed by atoms with E-state index in [1.165, 1.54) is 4.90 Å². The van der Waals surface area contributed by atoms with Crippen LogP contribution in [-0.2, 0) is 19.8 Å². The highest BCUT2D eigenvalue weighted by Crippen LogP contribution is 2.67. The average molecular weight is 453 g/mol. The van der Waals surface area contributed by atoms with Gasteiger partial charge in [0, 0.05) is 28.9 Å². The molecule has 6 nitrogen and oxygen atoms in total. The monoisotopic (exact) mass is 453 g/mol. The van der Waals surface area contributed by atoms with E-state index >= 15 is 0 Å². The van der Waals surface area contributed by atoms with Crippen LogP contribution in [0.2, 0.25) is 0 Å². The van der Waals surface area contributed by atoms with Gasteiger partial charge in [0.1, 0.15) is 17.8 Å². The molecule has 3 aliphatic carbocycles. The van der Waals surface area contributed by atoms with Gasteiger partial charge < -0.3 is 14.3 Å². The Morgan fingerprint density at radius 2 is 1.41 bits per heavy atom. The van der Waals surface area contributed by atoms with E-state index in [2.05, 4.69) is 0 Å². The molecule has 3 aromatic carbocycles. The van der Waals surface area contributed by atoms with Crippen molar-refractivity contribution in [3.05, 3.63) is 89.0 Å². The Balaban J connectivity index is 1.72. The molecule has 170 valence electrons. The fraction of sp³-hybridized carbons (Fsp3) is 0.250. The summed E-state index contributed by atoms with van der Waals surface area (Å²) in [5, 5.41) is 0. The summed E-state index contributed by atoms with van der Waals surface area (Å²) in [6, 6.07) is 20.4. The van der Waals surface area contributed by atoms with Crippen LogP contribution in [0.15, 0.2) is 66.7 Å². The number of carbonyl (C=O) groups is 3. The van der Waals surface area contributed by atoms with E-state index in [9.17, 15) is 14.4 Å². The molecule has 1 saturated heterocycles. The summed E-state index contributed by atoms with van der Waals surface area (Å²) < 4.78 is 11.5. The van der Waals surface area contributed by atoms with E-state index in [1.54, 1.807) is 26.4 Å². The largest absolute Gasteiger partial charge is 0.496 e. The molecule has 0 N–H and O–H groups in total. The first kappa shape index (κ1) is 20.7. The van der Waals surface area contributed by atoms with Crippen molar-refractivity contribution in [1.29, 1.82) is 0 Å². The molecule has 1 fully saturated rings. The van der Waals surface area contributed by atoms with Gasteiger partial charge in [-0.1, -0.05) is 42.5 Å². The highest BCUT2D eigenvalue weighted by Gasteiger charge is 2.69. The third-order valence-electron chi connectivity index (χ3n) is 7.82. The van der Waals surface area contributed by atoms with Crippen molar-refractivity contribution < 1.29 is 23.9 Å². The van der Waals surface area contributed by atoms with E-state index in [0.717, 1.165) is 28.5 Å². The molecular formula is C28H23NO5. The Labute approximate surface area is 197 Å². The van der Waals surface area contributed by atoms with Gasteiger partial charge in [-0.15, -0.1) is 0 Å². The molecule has 7 rings (SSSR count). The van der Waals surface area contributed by atoms with Gasteiger partial charge in [0.05, 0.1) is 31.7 Å². The second-order valence-electron chi connectivity index (χ2n) is 9.01. The second kappa shape index (κ2) is 7.29. The number of amides is 2. The van der Waals surface area contributed by atoms with Crippen LogP contribution in [0.4, 0.5) is 5.69 Å². The number of hydrogen-bond acceptors (Lipinski definition) is 5. The van der Waals surface area contributed by atoms with Crippen LogP contribution in [0.1, 0.15) is 34.6 Å². The molecule has 6 heteroatoms. The topological polar surface area (TPSA) is 72.9 Å². The second-order valence-corrected chi connectivity index (χ2v) is 9.01. The molecule has 0 spiro atoms. The van der Waals surface area contributed by atoms with Gasteiger partial charge in [0.25, 0.3) is 0 Å². The maximum absolute atomic E-state index is 14.1. The molecule has 0 aromatic heterocycles. The van der Waals surface area contributed by atoms with Crippen LogP contribution in [0.25, 0.3) is 0 Å². The first-order valence-corrected chi connectivity index (χ1v) is 11.3. The first-order chi connectivity index (χ1) is 16.6. The van der Waals surface area contributed by atoms with Crippen molar-refractivity contribution in [1.82, 2.24) is 0 Å². The summed E-state index contributed by atoms with van der Waals surface area (Å²) in [7, 11) is 3.20. The van der Waals surface area contributed by atoms with Gasteiger partial charge in [-0.3, -0.25) is 9.59 Å². The van der Waals surface area contributed by atoms with Crippen LogP contribution < -0.4 is 14.4 Å². The summed E-state index contributed by atoms with van der Waals surface area (Å²) >= 11 is 0. The molecule has 4 aliphatic rings. The van der Waals surface area contributed by atoms with Gasteiger partial charge in [-0.25, -0.2) is 4.90 Å². The maximum atomic E-state index is 14.1. The standard InChI is InChI=1S/C28H23NO5/c1-33-19-12-6-10-17-21(19)23-22-18(11-7-13-20(22)34-2)28(17,14-15-30)25-24(23)26(31)29(27(25)32)16-8-4-3-5-9-16/h3-13,15,23-25H,14H2,1-2H3. The van der Waals surface area contributed by atoms with Gasteiger partial charge in [-0.2, -0.15) is 0 Å². The van der Waals surface area contributed by atoms with Crippen LogP contribution >= 0.6 is 0 Å². The van der Waals surface area contributed by atoms with Crippen molar-refractivity contribution in [2.75, 3.05) is 19.1 Å². The number of imide groups is 1. The average Bonchev–Trinajstić information content (AvgIpc) is 3.15. The summed E-state index contributed by atoms with van der Waals surface area (Å²) in [5.74, 6) is -1.03. The van der Waals surface area contributed by atoms with Crippen molar-refractivity contribution >= 4 is 23.8 Å². The highest BCUT2D eigenvalue weighted by atomic mass is 16.5. The van der Waals surface area contributed by atoms with E-state index < -0.39 is 23.2 Å². The summed E-state index contributed by atoms with van der Waals surface area (Å²) in [6.07, 6.45) is 0.932. The van der Waals surface area contributed by atoms with Crippen LogP contribution in [-0.4, -0.2) is 32.3 Å². The number of nitrogens with zero attached hydrogens (tertiary/aromatic N) is 1. The third kappa shape index (κ3) is 2.32. The van der Waals surface area contributed by atoms with Crippen molar-refractivity contribution in [3.8, 4) is 11.5 Å². The van der Waals surface area contributed by atoms with E-state index in [4.69, 9.17) is 9.47 Å². The third-order valence-corrected chi connectivity index (χ3v) is 7.82. The zero-order chi connectivity index (χ0) is 23.6. The zero-order valence-corrected chi connectivity index (χ0v) is 18.9. The van der Waals surface area contributed by atoms with Crippen LogP contribution in [0, 0.1) is 11.8 Å². The molecule has 2 atom stereocenters. The quantitative estimate of drug-likeness (QED) is 0.434. The van der Waals surface area contributed by atoms with E-state index in [0.29, 0.717) is 17.2 Å². The number of aldehydes is 1. The molecule has 1 aliphatic heterocycles. The van der Waals surface area contributed by atoms with Gasteiger partial charge in [0.15, 0.2) is 0 Å². The molecule has 0 saturated carbocycles. The summed E-state index contributed by atoms with van der Waals surface area (Å²) in [5.41, 5.74) is 3.02. The van der Waals surface area contributed by atoms with Gasteiger partial charge in [0.2, 0.25) is 11.8 Å². The number of carbonyl (C=O) groups excluding carboxylic acids is 3. The van der Waals surface area contributed by atoms with Crippen LogP contribution in [0.5, 0.6) is 11.5 Å². The lowest BCUT2D eigenvalue weighted by atomic mass is 9.46. The molecule has 2 unspecified atom stereocenters. The Hall–Kier alpha value is -3.93. The number of para-hydroxylation sites is 1. The number of hydrogen-bond donors (Lipinski definition) is 0. The van der Waals surface area contributed by atoms with E-state index in [-0.39, 0.29) is 18.2 Å². The molecular weight excluding hydrogens is 430 g/mol. The molecule has 2 amide bonds. The predicted octanol–water partition coefficient (Wildman–Crippen LogP) is 3.84. The Morgan fingerprint density at radius 3 is 1.94 bits per heavy atom. The van der Waals surface area contributed by atoms with Crippen LogP contribution in [0.3, 0.4) is 0 Å². The normalized spacial score (nSPS) is 26.1. The molecule has 2 bridgehead atoms. The molecule has 1 heterocycles. The summed E-state index contributed by atoms with van der Waals surface area (Å²) in [4.78, 5) is 41.7. The summed E-state index contributed by atoms with van der Waals surface area (Å²) in [6.45, 7) is 0. The minimum absolute atomic E-state index is 0.0723. The maximum Gasteiger partial charge on any atom is 0.238 e. The first-order valence-electron chi connectivity index (χ1n) is 11.3. The Morgan fingerprint density at radius 1 is 0.824 bits per heavy atom. The SMILES string of the molecule is COc1cccc2c1C1c3c(OC)cccc3C2(CC=O)C2C(=O)N(c3ccccc3)C(=O)C12. The zero-order valence-electron chi connectivity index (χ0n) is 18.9. The number of ether oxygens (including phenoxy) is 2. The minimum Gasteiger partial charge on any atom is -0.496 e. The predicted molar refractivity (Wildman–Crippen MR) is 125 cm³/mol. The van der Waals surface area contributed by atoms with E-state index in [1.807, 2.05) is 54.6 Å². The van der Waals surface area contributed by atoms with Crippen molar-refractivity contribution in [3.63, 3.8) is 0 Å². The van der Waals surface area contributed by atoms with Crippen molar-refractivity contribution in [2.45, 2.75) is 17.8 Å². The highest BCUT2D eigenvalue weighted by molar-refractivity contribution is 6.24. The number of benzene rings is 3. The number of rotatable bonds is 5. The Kier molecular flexibility index (Phi) is 4.43. The molecule has 34 heavy (non-hydrogen) atoms. The lowest BCUT2D eigenvalue weighted by molar-refractivity contribution is -0.124. The molecule has 0 radical (unpaired) electrons. The molecule has 3 aromatic rings. The van der Waals surface area contributed by atoms with Gasteiger partial charge in [-0.05, 0) is 35.4 Å². The number of anilines is 1.